The number of nitrogens with zero attached hydrogens (tertiary/aromatic N) is 2. The Hall–Kier alpha value is -1.42. The summed E-state index contributed by atoms with van der Waals surface area (Å²) in [4.78, 5) is 0. The van der Waals surface area contributed by atoms with E-state index in [0.29, 0.717) is 0 Å². The van der Waals surface area contributed by atoms with Crippen LogP contribution < -0.4 is 0 Å². The number of hydrogen-bond donors (Lipinski definition) is 0. The molecule has 0 radical (unpaired) electrons. The van der Waals surface area contributed by atoms with Gasteiger partial charge in [0.2, 0.25) is 0 Å². The minimum absolute atomic E-state index is 1.12. The summed E-state index contributed by atoms with van der Waals surface area (Å²) >= 11 is 3.53. The van der Waals surface area contributed by atoms with Crippen molar-refractivity contribution in [1.29, 1.82) is 0 Å². The molecular weight excluding hydrogens is 372 g/mol. The zero-order valence-corrected chi connectivity index (χ0v) is 17.0. The monoisotopic (exact) mass is 400 g/mol. The van der Waals surface area contributed by atoms with Crippen LogP contribution in [0.1, 0.15) is 11.1 Å². The number of likely N-dealkylation sites (N-methyl/N-ethyl adjacent to an activating group) is 2. The Kier molecular flexibility index (Phi) is 5.78. The normalized spacial score (nSPS) is 26.8. The van der Waals surface area contributed by atoms with E-state index in [1.807, 2.05) is 0 Å². The van der Waals surface area contributed by atoms with E-state index in [0.717, 1.165) is 26.5 Å². The molecule has 1 heterocycles. The van der Waals surface area contributed by atoms with Crippen LogP contribution in [0.4, 0.5) is 0 Å². The third kappa shape index (κ3) is 5.27. The predicted octanol–water partition coefficient (Wildman–Crippen LogP) is 4.57. The standard InChI is InChI=1S/C22H29BrN2/c1-24(14-6-9-20-7-4-3-5-8-20)15-17-25(2,18-16-24)19-21-10-12-22(23)13-11-21/h3-13H,14-19H2,1-2H3/q+2. The molecule has 0 unspecified atom stereocenters. The first-order chi connectivity index (χ1) is 12.0. The van der Waals surface area contributed by atoms with Gasteiger partial charge in [-0.05, 0) is 23.8 Å². The van der Waals surface area contributed by atoms with Gasteiger partial charge in [0.05, 0.1) is 20.6 Å². The van der Waals surface area contributed by atoms with E-state index in [4.69, 9.17) is 0 Å². The lowest BCUT2D eigenvalue weighted by Gasteiger charge is -2.46. The Morgan fingerprint density at radius 3 is 2.08 bits per heavy atom. The first-order valence-corrected chi connectivity index (χ1v) is 9.89. The minimum atomic E-state index is 1.12. The summed E-state index contributed by atoms with van der Waals surface area (Å²) in [6.07, 6.45) is 4.60. The van der Waals surface area contributed by atoms with Gasteiger partial charge in [-0.3, -0.25) is 0 Å². The summed E-state index contributed by atoms with van der Waals surface area (Å²) < 4.78 is 3.46. The first-order valence-electron chi connectivity index (χ1n) is 9.10. The third-order valence-corrected chi connectivity index (χ3v) is 6.02. The molecule has 132 valence electrons. The van der Waals surface area contributed by atoms with Gasteiger partial charge < -0.3 is 8.97 Å². The molecule has 0 aliphatic carbocycles. The van der Waals surface area contributed by atoms with E-state index in [-0.39, 0.29) is 0 Å². The molecule has 3 rings (SSSR count). The van der Waals surface area contributed by atoms with Crippen molar-refractivity contribution < 1.29 is 8.97 Å². The SMILES string of the molecule is C[N+]1(CC=Cc2ccccc2)CC[N+](C)(Cc2ccc(Br)cc2)CC1. The molecule has 0 N–H and O–H groups in total. The highest BCUT2D eigenvalue weighted by Gasteiger charge is 2.36. The molecule has 1 saturated heterocycles. The number of halogens is 1. The van der Waals surface area contributed by atoms with Crippen molar-refractivity contribution >= 4 is 22.0 Å². The quantitative estimate of drug-likeness (QED) is 0.644. The van der Waals surface area contributed by atoms with E-state index in [9.17, 15) is 0 Å². The molecule has 1 fully saturated rings. The number of quaternary nitrogens is 2. The van der Waals surface area contributed by atoms with E-state index >= 15 is 0 Å². The zero-order chi connectivity index (χ0) is 17.8. The fourth-order valence-electron chi connectivity index (χ4n) is 3.57. The molecule has 0 atom stereocenters. The molecule has 0 aromatic heterocycles. The van der Waals surface area contributed by atoms with Crippen LogP contribution in [0.2, 0.25) is 0 Å². The highest BCUT2D eigenvalue weighted by Crippen LogP contribution is 2.21. The number of piperazine rings is 1. The highest BCUT2D eigenvalue weighted by atomic mass is 79.9. The molecule has 2 aromatic rings. The van der Waals surface area contributed by atoms with Crippen molar-refractivity contribution in [2.75, 3.05) is 46.8 Å². The summed E-state index contributed by atoms with van der Waals surface area (Å²) in [5, 5.41) is 0. The molecule has 25 heavy (non-hydrogen) atoms. The zero-order valence-electron chi connectivity index (χ0n) is 15.4. The lowest BCUT2D eigenvalue weighted by molar-refractivity contribution is -1.02. The Labute approximate surface area is 160 Å². The molecule has 2 nitrogen and oxygen atoms in total. The van der Waals surface area contributed by atoms with Crippen molar-refractivity contribution in [3.63, 3.8) is 0 Å². The second-order valence-corrected chi connectivity index (χ2v) is 8.83. The van der Waals surface area contributed by atoms with Gasteiger partial charge in [0, 0.05) is 10.0 Å². The lowest BCUT2D eigenvalue weighted by Crippen LogP contribution is -2.63. The van der Waals surface area contributed by atoms with Crippen LogP contribution in [0.5, 0.6) is 0 Å². The fourth-order valence-corrected chi connectivity index (χ4v) is 3.83. The van der Waals surface area contributed by atoms with Gasteiger partial charge in [0.25, 0.3) is 0 Å². The van der Waals surface area contributed by atoms with E-state index in [2.05, 4.69) is 96.8 Å². The average molecular weight is 401 g/mol. The third-order valence-electron chi connectivity index (χ3n) is 5.49. The Morgan fingerprint density at radius 1 is 0.840 bits per heavy atom. The molecule has 3 heteroatoms. The summed E-state index contributed by atoms with van der Waals surface area (Å²) in [7, 11) is 4.81. The van der Waals surface area contributed by atoms with Crippen molar-refractivity contribution in [3.8, 4) is 0 Å². The fraction of sp³-hybridized carbons (Fsp3) is 0.364. The summed E-state index contributed by atoms with van der Waals surface area (Å²) in [5.41, 5.74) is 2.73. The van der Waals surface area contributed by atoms with Crippen molar-refractivity contribution in [1.82, 2.24) is 0 Å². The van der Waals surface area contributed by atoms with Crippen LogP contribution >= 0.6 is 15.9 Å². The smallest absolute Gasteiger partial charge is 0.129 e. The number of benzene rings is 2. The lowest BCUT2D eigenvalue weighted by atomic mass is 10.1. The van der Waals surface area contributed by atoms with Gasteiger partial charge >= 0.3 is 0 Å². The second kappa shape index (κ2) is 7.86. The molecule has 0 amide bonds. The average Bonchev–Trinajstić information content (AvgIpc) is 2.61. The Bertz CT molecular complexity index is 699. The van der Waals surface area contributed by atoms with Crippen LogP contribution in [0.15, 0.2) is 65.1 Å². The van der Waals surface area contributed by atoms with Crippen molar-refractivity contribution in [2.45, 2.75) is 6.54 Å². The van der Waals surface area contributed by atoms with E-state index < -0.39 is 0 Å². The van der Waals surface area contributed by atoms with Gasteiger partial charge in [-0.15, -0.1) is 0 Å². The summed E-state index contributed by atoms with van der Waals surface area (Å²) in [5.74, 6) is 0. The molecular formula is C22H29BrN2+2. The van der Waals surface area contributed by atoms with Crippen LogP contribution in [0, 0.1) is 0 Å². The maximum Gasteiger partial charge on any atom is 0.129 e. The Morgan fingerprint density at radius 2 is 1.44 bits per heavy atom. The van der Waals surface area contributed by atoms with Gasteiger partial charge in [-0.25, -0.2) is 0 Å². The molecule has 0 saturated carbocycles. The molecule has 1 aliphatic heterocycles. The molecule has 0 bridgehead atoms. The van der Waals surface area contributed by atoms with Gasteiger partial charge in [-0.2, -0.15) is 0 Å². The highest BCUT2D eigenvalue weighted by molar-refractivity contribution is 9.10. The minimum Gasteiger partial charge on any atom is -0.313 e. The van der Waals surface area contributed by atoms with Gasteiger partial charge in [-0.1, -0.05) is 64.5 Å². The van der Waals surface area contributed by atoms with E-state index in [1.165, 1.54) is 37.3 Å². The van der Waals surface area contributed by atoms with Crippen LogP contribution in [0.25, 0.3) is 6.08 Å². The van der Waals surface area contributed by atoms with Crippen molar-refractivity contribution in [3.05, 3.63) is 76.3 Å². The van der Waals surface area contributed by atoms with Crippen LogP contribution in [0.3, 0.4) is 0 Å². The topological polar surface area (TPSA) is 0 Å². The van der Waals surface area contributed by atoms with Gasteiger partial charge in [0.15, 0.2) is 0 Å². The molecule has 2 aromatic carbocycles. The summed E-state index contributed by atoms with van der Waals surface area (Å²) in [6.45, 7) is 7.22. The van der Waals surface area contributed by atoms with Crippen LogP contribution in [-0.4, -0.2) is 55.8 Å². The predicted molar refractivity (Wildman–Crippen MR) is 110 cm³/mol. The Balaban J connectivity index is 1.54. The number of hydrogen-bond acceptors (Lipinski definition) is 0. The van der Waals surface area contributed by atoms with Crippen molar-refractivity contribution in [2.24, 2.45) is 0 Å². The second-order valence-electron chi connectivity index (χ2n) is 7.91. The van der Waals surface area contributed by atoms with Gasteiger partial charge in [0.1, 0.15) is 32.7 Å². The summed E-state index contributed by atoms with van der Waals surface area (Å²) in [6, 6.07) is 19.4. The maximum atomic E-state index is 3.53. The maximum absolute atomic E-state index is 3.53. The largest absolute Gasteiger partial charge is 0.313 e. The molecule has 1 aliphatic rings. The van der Waals surface area contributed by atoms with Crippen LogP contribution in [-0.2, 0) is 6.54 Å². The number of rotatable bonds is 5. The van der Waals surface area contributed by atoms with E-state index in [1.54, 1.807) is 0 Å². The molecule has 0 spiro atoms. The first kappa shape index (κ1) is 18.4.